The molecule has 2 aliphatic rings. The summed E-state index contributed by atoms with van der Waals surface area (Å²) >= 11 is 0. The first-order valence-electron chi connectivity index (χ1n) is 10.5. The maximum atomic E-state index is 12.6. The topological polar surface area (TPSA) is 126 Å². The molecule has 2 fully saturated rings. The van der Waals surface area contributed by atoms with Gasteiger partial charge in [-0.2, -0.15) is 0 Å². The zero-order chi connectivity index (χ0) is 21.3. The molecule has 0 unspecified atom stereocenters. The van der Waals surface area contributed by atoms with E-state index in [1.807, 2.05) is 6.92 Å². The molecule has 0 bridgehead atoms. The van der Waals surface area contributed by atoms with E-state index >= 15 is 0 Å². The van der Waals surface area contributed by atoms with Crippen LogP contribution < -0.4 is 10.6 Å². The summed E-state index contributed by atoms with van der Waals surface area (Å²) in [6, 6.07) is 1.36. The van der Waals surface area contributed by atoms with Gasteiger partial charge < -0.3 is 30.1 Å². The standard InChI is InChI=1S/C20H31N5O5/c1-2-6-22-20(28)25-10-15(26)11-29-12-18-17(25)4-3-16(30-18)8-19(27)23-9-14-5-7-21-13-24-14/h5,7,13,15-18,26H,2-4,6,8-12H2,1H3,(H,22,28)(H,23,27)/t15-,16+,17-,18+/m0/s1. The lowest BCUT2D eigenvalue weighted by Crippen LogP contribution is -2.59. The number of urea groups is 1. The summed E-state index contributed by atoms with van der Waals surface area (Å²) in [5.74, 6) is -0.114. The second-order valence-electron chi connectivity index (χ2n) is 7.70. The van der Waals surface area contributed by atoms with Gasteiger partial charge in [0.25, 0.3) is 0 Å². The lowest BCUT2D eigenvalue weighted by atomic mass is 9.95. The molecule has 0 saturated carbocycles. The molecular formula is C20H31N5O5. The van der Waals surface area contributed by atoms with Crippen molar-refractivity contribution in [3.63, 3.8) is 0 Å². The molecule has 3 amide bonds. The van der Waals surface area contributed by atoms with Crippen molar-refractivity contribution < 1.29 is 24.2 Å². The SMILES string of the molecule is CCCNC(=O)N1C[C@H](O)COC[C@H]2O[C@@H](CC(=O)NCc3ccncn3)CC[C@@H]21. The number of aromatic nitrogens is 2. The lowest BCUT2D eigenvalue weighted by molar-refractivity contribution is -0.150. The number of nitrogens with zero attached hydrogens (tertiary/aromatic N) is 3. The number of carbonyl (C=O) groups is 2. The first kappa shape index (κ1) is 22.4. The van der Waals surface area contributed by atoms with Crippen LogP contribution in [-0.2, 0) is 20.8 Å². The molecule has 2 aliphatic heterocycles. The monoisotopic (exact) mass is 421 g/mol. The molecule has 10 nitrogen and oxygen atoms in total. The van der Waals surface area contributed by atoms with Crippen LogP contribution in [-0.4, -0.2) is 82.6 Å². The Balaban J connectivity index is 1.55. The molecule has 30 heavy (non-hydrogen) atoms. The van der Waals surface area contributed by atoms with Crippen LogP contribution in [0.1, 0.15) is 38.3 Å². The molecule has 2 saturated heterocycles. The van der Waals surface area contributed by atoms with Gasteiger partial charge in [0.2, 0.25) is 5.91 Å². The summed E-state index contributed by atoms with van der Waals surface area (Å²) in [6.07, 6.45) is 4.17. The van der Waals surface area contributed by atoms with Crippen LogP contribution in [0, 0.1) is 0 Å². The summed E-state index contributed by atoms with van der Waals surface area (Å²) < 4.78 is 11.7. The first-order valence-corrected chi connectivity index (χ1v) is 10.5. The summed E-state index contributed by atoms with van der Waals surface area (Å²) in [6.45, 7) is 3.53. The minimum Gasteiger partial charge on any atom is -0.389 e. The molecule has 4 atom stereocenters. The van der Waals surface area contributed by atoms with E-state index in [9.17, 15) is 14.7 Å². The Bertz CT molecular complexity index is 691. The largest absolute Gasteiger partial charge is 0.389 e. The van der Waals surface area contributed by atoms with Gasteiger partial charge in [-0.1, -0.05) is 6.92 Å². The van der Waals surface area contributed by atoms with Gasteiger partial charge in [0.1, 0.15) is 12.4 Å². The summed E-state index contributed by atoms with van der Waals surface area (Å²) in [5.41, 5.74) is 0.740. The summed E-state index contributed by atoms with van der Waals surface area (Å²) in [7, 11) is 0. The molecule has 0 aromatic carbocycles. The minimum atomic E-state index is -0.733. The molecule has 3 N–H and O–H groups in total. The van der Waals surface area contributed by atoms with E-state index in [4.69, 9.17) is 9.47 Å². The maximum absolute atomic E-state index is 12.6. The predicted molar refractivity (Wildman–Crippen MR) is 107 cm³/mol. The Labute approximate surface area is 176 Å². The fraction of sp³-hybridized carbons (Fsp3) is 0.700. The first-order chi connectivity index (χ1) is 14.6. The molecule has 166 valence electrons. The van der Waals surface area contributed by atoms with Crippen molar-refractivity contribution in [2.75, 3.05) is 26.3 Å². The van der Waals surface area contributed by atoms with Crippen LogP contribution in [0.4, 0.5) is 4.79 Å². The average Bonchev–Trinajstić information content (AvgIpc) is 2.74. The van der Waals surface area contributed by atoms with Crippen LogP contribution in [0.15, 0.2) is 18.6 Å². The van der Waals surface area contributed by atoms with E-state index in [1.54, 1.807) is 17.2 Å². The highest BCUT2D eigenvalue weighted by atomic mass is 16.5. The molecule has 10 heteroatoms. The highest BCUT2D eigenvalue weighted by Crippen LogP contribution is 2.27. The Morgan fingerprint density at radius 3 is 2.93 bits per heavy atom. The van der Waals surface area contributed by atoms with E-state index in [0.29, 0.717) is 25.9 Å². The summed E-state index contributed by atoms with van der Waals surface area (Å²) in [5, 5.41) is 15.9. The fourth-order valence-corrected chi connectivity index (χ4v) is 3.80. The van der Waals surface area contributed by atoms with E-state index in [-0.39, 0.29) is 56.4 Å². The van der Waals surface area contributed by atoms with Crippen molar-refractivity contribution >= 4 is 11.9 Å². The van der Waals surface area contributed by atoms with E-state index in [0.717, 1.165) is 12.1 Å². The lowest BCUT2D eigenvalue weighted by Gasteiger charge is -2.44. The normalized spacial score (nSPS) is 26.8. The predicted octanol–water partition coefficient (Wildman–Crippen LogP) is 0.212. The highest BCUT2D eigenvalue weighted by Gasteiger charge is 2.39. The van der Waals surface area contributed by atoms with E-state index in [1.165, 1.54) is 6.33 Å². The Morgan fingerprint density at radius 2 is 2.17 bits per heavy atom. The molecule has 0 aliphatic carbocycles. The number of fused-ring (bicyclic) bond motifs is 1. The molecular weight excluding hydrogens is 390 g/mol. The molecule has 3 rings (SSSR count). The van der Waals surface area contributed by atoms with Crippen LogP contribution in [0.5, 0.6) is 0 Å². The number of aliphatic hydroxyl groups excluding tert-OH is 1. The highest BCUT2D eigenvalue weighted by molar-refractivity contribution is 5.76. The number of hydrogen-bond donors (Lipinski definition) is 3. The second kappa shape index (κ2) is 11.2. The average molecular weight is 421 g/mol. The third kappa shape index (κ3) is 6.35. The smallest absolute Gasteiger partial charge is 0.317 e. The van der Waals surface area contributed by atoms with Crippen molar-refractivity contribution in [3.8, 4) is 0 Å². The maximum Gasteiger partial charge on any atom is 0.317 e. The number of ether oxygens (including phenoxy) is 2. The van der Waals surface area contributed by atoms with Crippen LogP contribution in [0.25, 0.3) is 0 Å². The Hall–Kier alpha value is -2.30. The van der Waals surface area contributed by atoms with Crippen LogP contribution in [0.2, 0.25) is 0 Å². The van der Waals surface area contributed by atoms with Gasteiger partial charge in [0.05, 0.1) is 56.7 Å². The third-order valence-corrected chi connectivity index (χ3v) is 5.29. The number of amides is 3. The molecule has 0 radical (unpaired) electrons. The third-order valence-electron chi connectivity index (χ3n) is 5.29. The van der Waals surface area contributed by atoms with E-state index < -0.39 is 6.10 Å². The van der Waals surface area contributed by atoms with Gasteiger partial charge in [0, 0.05) is 12.7 Å². The minimum absolute atomic E-state index is 0.114. The van der Waals surface area contributed by atoms with Gasteiger partial charge in [-0.25, -0.2) is 14.8 Å². The van der Waals surface area contributed by atoms with Crippen molar-refractivity contribution in [2.45, 2.75) is 63.5 Å². The van der Waals surface area contributed by atoms with Crippen molar-refractivity contribution in [1.29, 1.82) is 0 Å². The van der Waals surface area contributed by atoms with Gasteiger partial charge in [0.15, 0.2) is 0 Å². The van der Waals surface area contributed by atoms with E-state index in [2.05, 4.69) is 20.6 Å². The van der Waals surface area contributed by atoms with Crippen molar-refractivity contribution in [2.24, 2.45) is 0 Å². The van der Waals surface area contributed by atoms with Gasteiger partial charge in [-0.15, -0.1) is 0 Å². The number of rotatable bonds is 6. The zero-order valence-electron chi connectivity index (χ0n) is 17.3. The van der Waals surface area contributed by atoms with Gasteiger partial charge >= 0.3 is 6.03 Å². The number of β-amino-alcohol motifs (C(OH)–C–C–N with tert-alkyl or cyclic N) is 1. The van der Waals surface area contributed by atoms with Crippen molar-refractivity contribution in [3.05, 3.63) is 24.3 Å². The zero-order valence-corrected chi connectivity index (χ0v) is 17.3. The number of aliphatic hydroxyl groups is 1. The molecule has 1 aromatic rings. The van der Waals surface area contributed by atoms with Gasteiger partial charge in [-0.3, -0.25) is 4.79 Å². The second-order valence-corrected chi connectivity index (χ2v) is 7.70. The molecule has 0 spiro atoms. The number of hydrogen-bond acceptors (Lipinski definition) is 7. The molecule has 1 aromatic heterocycles. The van der Waals surface area contributed by atoms with Crippen LogP contribution in [0.3, 0.4) is 0 Å². The molecule has 3 heterocycles. The quantitative estimate of drug-likeness (QED) is 0.599. The van der Waals surface area contributed by atoms with Crippen LogP contribution >= 0.6 is 0 Å². The fourth-order valence-electron chi connectivity index (χ4n) is 3.80. The number of carbonyl (C=O) groups excluding carboxylic acids is 2. The Kier molecular flexibility index (Phi) is 8.35. The van der Waals surface area contributed by atoms with Gasteiger partial charge in [-0.05, 0) is 25.3 Å². The Morgan fingerprint density at radius 1 is 1.30 bits per heavy atom. The summed E-state index contributed by atoms with van der Waals surface area (Å²) in [4.78, 5) is 34.6. The van der Waals surface area contributed by atoms with Crippen molar-refractivity contribution in [1.82, 2.24) is 25.5 Å². The number of nitrogens with one attached hydrogen (secondary N) is 2.